The number of fused-ring (bicyclic) bond motifs is 1. The zero-order chi connectivity index (χ0) is 17.2. The number of aromatic amines is 1. The fraction of sp³-hybridized carbons (Fsp3) is 0.368. The maximum atomic E-state index is 11.5. The Morgan fingerprint density at radius 3 is 2.72 bits per heavy atom. The van der Waals surface area contributed by atoms with Crippen LogP contribution in [0, 0.1) is 6.92 Å². The van der Waals surface area contributed by atoms with Crippen LogP contribution in [0.15, 0.2) is 41.6 Å². The van der Waals surface area contributed by atoms with Gasteiger partial charge in [-0.25, -0.2) is 15.0 Å². The molecule has 6 nitrogen and oxygen atoms in total. The van der Waals surface area contributed by atoms with Gasteiger partial charge in [0.25, 0.3) is 5.56 Å². The number of hydrogen-bond acceptors (Lipinski definition) is 5. The lowest BCUT2D eigenvalue weighted by molar-refractivity contribution is 0.399. The van der Waals surface area contributed by atoms with Crippen molar-refractivity contribution in [1.82, 2.24) is 19.9 Å². The molecule has 25 heavy (non-hydrogen) atoms. The fourth-order valence-electron chi connectivity index (χ4n) is 3.58. The molecule has 0 aliphatic heterocycles. The molecule has 0 unspecified atom stereocenters. The number of anilines is 1. The number of benzene rings is 1. The maximum absolute atomic E-state index is 11.5. The van der Waals surface area contributed by atoms with E-state index in [9.17, 15) is 4.79 Å². The van der Waals surface area contributed by atoms with Crippen molar-refractivity contribution in [2.75, 3.05) is 5.32 Å². The van der Waals surface area contributed by atoms with Crippen LogP contribution >= 0.6 is 0 Å². The molecular weight excluding hydrogens is 314 g/mol. The number of aryl methyl sites for hydroxylation is 1. The summed E-state index contributed by atoms with van der Waals surface area (Å²) >= 11 is 0. The standard InChI is InChI=1S/C19H21N5O/c1-12-2-7-15-16(10-12)21-11-22-19(15)23-14-5-3-13(4-6-14)18-20-9-8-17(25)24-18/h2,7-11,13-14H,3-6H2,1H3,(H,20,24,25)(H,21,22,23). The fourth-order valence-corrected chi connectivity index (χ4v) is 3.58. The maximum Gasteiger partial charge on any atom is 0.250 e. The van der Waals surface area contributed by atoms with E-state index in [0.29, 0.717) is 12.0 Å². The molecule has 6 heteroatoms. The Bertz CT molecular complexity index is 944. The minimum atomic E-state index is -0.0759. The molecule has 0 atom stereocenters. The Hall–Kier alpha value is -2.76. The van der Waals surface area contributed by atoms with E-state index in [1.165, 1.54) is 11.6 Å². The van der Waals surface area contributed by atoms with E-state index in [0.717, 1.165) is 48.2 Å². The Labute approximate surface area is 145 Å². The molecule has 3 aromatic rings. The second kappa shape index (κ2) is 6.63. The van der Waals surface area contributed by atoms with Crippen LogP contribution < -0.4 is 10.9 Å². The molecule has 1 aromatic carbocycles. The van der Waals surface area contributed by atoms with E-state index >= 15 is 0 Å². The third-order valence-corrected chi connectivity index (χ3v) is 4.94. The van der Waals surface area contributed by atoms with Crippen molar-refractivity contribution in [2.45, 2.75) is 44.6 Å². The first-order valence-corrected chi connectivity index (χ1v) is 8.72. The SMILES string of the molecule is Cc1ccc2c(NC3CCC(c4nccc(=O)[nH]4)CC3)ncnc2c1. The molecule has 2 heterocycles. The van der Waals surface area contributed by atoms with Crippen LogP contribution in [-0.4, -0.2) is 26.0 Å². The Morgan fingerprint density at radius 2 is 1.92 bits per heavy atom. The zero-order valence-corrected chi connectivity index (χ0v) is 14.2. The minimum Gasteiger partial charge on any atom is -0.367 e. The number of nitrogens with one attached hydrogen (secondary N) is 2. The van der Waals surface area contributed by atoms with E-state index in [1.807, 2.05) is 0 Å². The number of hydrogen-bond donors (Lipinski definition) is 2. The van der Waals surface area contributed by atoms with Gasteiger partial charge in [0.15, 0.2) is 0 Å². The topological polar surface area (TPSA) is 83.6 Å². The van der Waals surface area contributed by atoms with Crippen LogP contribution in [0.2, 0.25) is 0 Å². The van der Waals surface area contributed by atoms with Crippen LogP contribution in [-0.2, 0) is 0 Å². The molecule has 1 aliphatic carbocycles. The third-order valence-electron chi connectivity index (χ3n) is 4.94. The summed E-state index contributed by atoms with van der Waals surface area (Å²) in [4.78, 5) is 27.5. The number of nitrogens with zero attached hydrogens (tertiary/aromatic N) is 3. The van der Waals surface area contributed by atoms with Crippen LogP contribution in [0.25, 0.3) is 10.9 Å². The monoisotopic (exact) mass is 335 g/mol. The van der Waals surface area contributed by atoms with Crippen molar-refractivity contribution in [3.05, 3.63) is 58.5 Å². The van der Waals surface area contributed by atoms with Gasteiger partial charge in [-0.15, -0.1) is 0 Å². The molecule has 1 saturated carbocycles. The predicted octanol–water partition coefficient (Wildman–Crippen LogP) is 3.16. The summed E-state index contributed by atoms with van der Waals surface area (Å²) in [5.74, 6) is 2.05. The molecule has 0 saturated heterocycles. The van der Waals surface area contributed by atoms with Crippen LogP contribution in [0.4, 0.5) is 5.82 Å². The smallest absolute Gasteiger partial charge is 0.250 e. The van der Waals surface area contributed by atoms with Crippen molar-refractivity contribution in [1.29, 1.82) is 0 Å². The molecule has 4 rings (SSSR count). The van der Waals surface area contributed by atoms with E-state index < -0.39 is 0 Å². The third kappa shape index (κ3) is 3.38. The first kappa shape index (κ1) is 15.7. The molecular formula is C19H21N5O. The van der Waals surface area contributed by atoms with Gasteiger partial charge in [0.2, 0.25) is 0 Å². The van der Waals surface area contributed by atoms with Crippen LogP contribution in [0.5, 0.6) is 0 Å². The van der Waals surface area contributed by atoms with E-state index in [4.69, 9.17) is 0 Å². The number of H-pyrrole nitrogens is 1. The molecule has 1 fully saturated rings. The molecule has 128 valence electrons. The highest BCUT2D eigenvalue weighted by molar-refractivity contribution is 5.89. The molecule has 2 aromatic heterocycles. The Morgan fingerprint density at radius 1 is 1.08 bits per heavy atom. The normalized spacial score (nSPS) is 20.5. The number of aromatic nitrogens is 4. The predicted molar refractivity (Wildman–Crippen MR) is 97.8 cm³/mol. The molecule has 0 amide bonds. The van der Waals surface area contributed by atoms with Crippen molar-refractivity contribution in [3.8, 4) is 0 Å². The van der Waals surface area contributed by atoms with Gasteiger partial charge in [-0.2, -0.15) is 0 Å². The summed E-state index contributed by atoms with van der Waals surface area (Å²) in [5.41, 5.74) is 2.09. The molecule has 0 bridgehead atoms. The minimum absolute atomic E-state index is 0.0759. The number of rotatable bonds is 3. The summed E-state index contributed by atoms with van der Waals surface area (Å²) in [6, 6.07) is 8.09. The molecule has 1 aliphatic rings. The summed E-state index contributed by atoms with van der Waals surface area (Å²) in [5, 5.41) is 4.64. The second-order valence-electron chi connectivity index (χ2n) is 6.76. The highest BCUT2D eigenvalue weighted by Crippen LogP contribution is 2.32. The zero-order valence-electron chi connectivity index (χ0n) is 14.2. The first-order chi connectivity index (χ1) is 12.2. The van der Waals surface area contributed by atoms with Gasteiger partial charge in [-0.1, -0.05) is 6.07 Å². The van der Waals surface area contributed by atoms with E-state index in [1.54, 1.807) is 12.5 Å². The van der Waals surface area contributed by atoms with Gasteiger partial charge in [-0.3, -0.25) is 4.79 Å². The summed E-state index contributed by atoms with van der Waals surface area (Å²) < 4.78 is 0. The lowest BCUT2D eigenvalue weighted by Crippen LogP contribution is -2.27. The van der Waals surface area contributed by atoms with Crippen molar-refractivity contribution < 1.29 is 0 Å². The average Bonchev–Trinajstić information content (AvgIpc) is 2.62. The lowest BCUT2D eigenvalue weighted by atomic mass is 9.85. The largest absolute Gasteiger partial charge is 0.367 e. The molecule has 0 spiro atoms. The van der Waals surface area contributed by atoms with Crippen molar-refractivity contribution in [3.63, 3.8) is 0 Å². The molecule has 2 N–H and O–H groups in total. The second-order valence-corrected chi connectivity index (χ2v) is 6.76. The highest BCUT2D eigenvalue weighted by Gasteiger charge is 2.24. The molecule has 0 radical (unpaired) electrons. The van der Waals surface area contributed by atoms with Crippen LogP contribution in [0.3, 0.4) is 0 Å². The van der Waals surface area contributed by atoms with Gasteiger partial charge in [0, 0.05) is 29.6 Å². The van der Waals surface area contributed by atoms with Crippen molar-refractivity contribution >= 4 is 16.7 Å². The average molecular weight is 335 g/mol. The van der Waals surface area contributed by atoms with E-state index in [-0.39, 0.29) is 5.56 Å². The summed E-state index contributed by atoms with van der Waals surface area (Å²) in [7, 11) is 0. The van der Waals surface area contributed by atoms with Crippen LogP contribution in [0.1, 0.15) is 43.0 Å². The van der Waals surface area contributed by atoms with Gasteiger partial charge < -0.3 is 10.3 Å². The van der Waals surface area contributed by atoms with Gasteiger partial charge >= 0.3 is 0 Å². The Balaban J connectivity index is 1.46. The van der Waals surface area contributed by atoms with Gasteiger partial charge in [0.1, 0.15) is 18.0 Å². The summed E-state index contributed by atoms with van der Waals surface area (Å²) in [6.45, 7) is 2.07. The van der Waals surface area contributed by atoms with Crippen molar-refractivity contribution in [2.24, 2.45) is 0 Å². The summed E-state index contributed by atoms with van der Waals surface area (Å²) in [6.07, 6.45) is 7.28. The lowest BCUT2D eigenvalue weighted by Gasteiger charge is -2.29. The Kier molecular flexibility index (Phi) is 4.17. The van der Waals surface area contributed by atoms with Gasteiger partial charge in [-0.05, 0) is 50.3 Å². The van der Waals surface area contributed by atoms with E-state index in [2.05, 4.69) is 50.4 Å². The first-order valence-electron chi connectivity index (χ1n) is 8.72. The quantitative estimate of drug-likeness (QED) is 0.768. The van der Waals surface area contributed by atoms with Gasteiger partial charge in [0.05, 0.1) is 5.52 Å². The highest BCUT2D eigenvalue weighted by atomic mass is 16.1.